The Morgan fingerprint density at radius 2 is 2.18 bits per heavy atom. The third-order valence-corrected chi connectivity index (χ3v) is 2.14. The maximum atomic E-state index is 10.7. The molecule has 0 aromatic carbocycles. The van der Waals surface area contributed by atoms with E-state index < -0.39 is 6.03 Å². The maximum absolute atomic E-state index is 10.7. The van der Waals surface area contributed by atoms with Crippen LogP contribution in [0.1, 0.15) is 12.8 Å². The van der Waals surface area contributed by atoms with Crippen LogP contribution in [0.2, 0.25) is 0 Å². The van der Waals surface area contributed by atoms with Gasteiger partial charge >= 0.3 is 6.03 Å². The van der Waals surface area contributed by atoms with Crippen molar-refractivity contribution in [2.24, 2.45) is 11.5 Å². The molecule has 1 atom stereocenters. The van der Waals surface area contributed by atoms with Gasteiger partial charge in [-0.3, -0.25) is 0 Å². The first-order valence-corrected chi connectivity index (χ1v) is 3.89. The number of amides is 2. The summed E-state index contributed by atoms with van der Waals surface area (Å²) in [4.78, 5) is 12.6. The molecule has 1 saturated heterocycles. The minimum Gasteiger partial charge on any atom is -0.392 e. The van der Waals surface area contributed by atoms with Crippen LogP contribution in [-0.2, 0) is 0 Å². The van der Waals surface area contributed by atoms with Gasteiger partial charge in [0.1, 0.15) is 0 Å². The molecule has 1 aliphatic rings. The number of likely N-dealkylation sites (tertiary alicyclic amines) is 1. The van der Waals surface area contributed by atoms with Crippen molar-refractivity contribution in [2.45, 2.75) is 18.9 Å². The molecule has 4 nitrogen and oxygen atoms in total. The summed E-state index contributed by atoms with van der Waals surface area (Å²) in [6.45, 7) is 0.678. The number of urea groups is 1. The van der Waals surface area contributed by atoms with Crippen LogP contribution in [0.15, 0.2) is 0 Å². The summed E-state index contributed by atoms with van der Waals surface area (Å²) in [6, 6.07) is -0.539. The first kappa shape index (κ1) is 8.26. The molecule has 1 aliphatic heterocycles. The zero-order valence-electron chi connectivity index (χ0n) is 6.12. The lowest BCUT2D eigenvalue weighted by Gasteiger charge is -2.20. The van der Waals surface area contributed by atoms with E-state index in [4.69, 9.17) is 23.7 Å². The molecule has 1 fully saturated rings. The van der Waals surface area contributed by atoms with Gasteiger partial charge in [-0.15, -0.1) is 0 Å². The Morgan fingerprint density at radius 3 is 2.55 bits per heavy atom. The van der Waals surface area contributed by atoms with Crippen LogP contribution < -0.4 is 11.5 Å². The zero-order valence-corrected chi connectivity index (χ0v) is 6.93. The lowest BCUT2D eigenvalue weighted by molar-refractivity contribution is 0.213. The molecule has 1 heterocycles. The van der Waals surface area contributed by atoms with Crippen LogP contribution in [0.5, 0.6) is 0 Å². The lowest BCUT2D eigenvalue weighted by atomic mass is 10.2. The van der Waals surface area contributed by atoms with Gasteiger partial charge in [0.2, 0.25) is 0 Å². The molecule has 11 heavy (non-hydrogen) atoms. The van der Waals surface area contributed by atoms with Gasteiger partial charge in [-0.1, -0.05) is 12.2 Å². The topological polar surface area (TPSA) is 72.4 Å². The molecule has 0 aliphatic carbocycles. The van der Waals surface area contributed by atoms with Crippen molar-refractivity contribution in [1.82, 2.24) is 4.90 Å². The summed E-state index contributed by atoms with van der Waals surface area (Å²) in [5.41, 5.74) is 10.5. The van der Waals surface area contributed by atoms with Crippen molar-refractivity contribution in [3.05, 3.63) is 0 Å². The fraction of sp³-hybridized carbons (Fsp3) is 0.667. The van der Waals surface area contributed by atoms with E-state index in [-0.39, 0.29) is 6.04 Å². The summed E-state index contributed by atoms with van der Waals surface area (Å²) >= 11 is 4.78. The van der Waals surface area contributed by atoms with Crippen LogP contribution in [0, 0.1) is 0 Å². The average Bonchev–Trinajstić information content (AvgIpc) is 2.32. The molecular formula is C6H11N3OS. The Labute approximate surface area is 70.5 Å². The van der Waals surface area contributed by atoms with Gasteiger partial charge in [0.25, 0.3) is 0 Å². The van der Waals surface area contributed by atoms with Gasteiger partial charge in [0, 0.05) is 6.54 Å². The zero-order chi connectivity index (χ0) is 8.43. The van der Waals surface area contributed by atoms with Gasteiger partial charge in [-0.2, -0.15) is 0 Å². The summed E-state index contributed by atoms with van der Waals surface area (Å²) in [5, 5.41) is 0. The predicted octanol–water partition coefficient (Wildman–Crippen LogP) is -0.184. The SMILES string of the molecule is NC(=O)N1CCCC1C(N)=S. The predicted molar refractivity (Wildman–Crippen MR) is 46.1 cm³/mol. The third kappa shape index (κ3) is 1.59. The van der Waals surface area contributed by atoms with Crippen molar-refractivity contribution < 1.29 is 4.79 Å². The Balaban J connectivity index is 2.65. The molecular weight excluding hydrogens is 162 g/mol. The molecule has 0 aromatic heterocycles. The van der Waals surface area contributed by atoms with E-state index in [1.165, 1.54) is 4.90 Å². The summed E-state index contributed by atoms with van der Waals surface area (Å²) in [5.74, 6) is 0. The number of thiocarbonyl (C=S) groups is 1. The number of primary amides is 1. The molecule has 2 amide bonds. The van der Waals surface area contributed by atoms with Gasteiger partial charge in [-0.05, 0) is 12.8 Å². The largest absolute Gasteiger partial charge is 0.392 e. The smallest absolute Gasteiger partial charge is 0.315 e. The van der Waals surface area contributed by atoms with Crippen molar-refractivity contribution in [1.29, 1.82) is 0 Å². The molecule has 0 spiro atoms. The second-order valence-corrected chi connectivity index (χ2v) is 3.06. The van der Waals surface area contributed by atoms with Gasteiger partial charge in [0.05, 0.1) is 11.0 Å². The van der Waals surface area contributed by atoms with Crippen LogP contribution in [0.4, 0.5) is 4.79 Å². The number of nitrogens with two attached hydrogens (primary N) is 2. The number of hydrogen-bond donors (Lipinski definition) is 2. The Kier molecular flexibility index (Phi) is 2.28. The van der Waals surface area contributed by atoms with Gasteiger partial charge in [-0.25, -0.2) is 4.79 Å². The van der Waals surface area contributed by atoms with Crippen LogP contribution in [0.3, 0.4) is 0 Å². The molecule has 0 bridgehead atoms. The number of nitrogens with zero attached hydrogens (tertiary/aromatic N) is 1. The molecule has 0 aromatic rings. The Morgan fingerprint density at radius 1 is 1.55 bits per heavy atom. The molecule has 0 radical (unpaired) electrons. The van der Waals surface area contributed by atoms with E-state index in [1.54, 1.807) is 0 Å². The number of carbonyl (C=O) groups is 1. The van der Waals surface area contributed by atoms with E-state index in [1.807, 2.05) is 0 Å². The molecule has 1 unspecified atom stereocenters. The van der Waals surface area contributed by atoms with E-state index in [2.05, 4.69) is 0 Å². The van der Waals surface area contributed by atoms with Crippen molar-refractivity contribution in [2.75, 3.05) is 6.54 Å². The molecule has 5 heteroatoms. The average molecular weight is 173 g/mol. The van der Waals surface area contributed by atoms with E-state index in [0.717, 1.165) is 12.8 Å². The first-order chi connectivity index (χ1) is 5.13. The Bertz CT molecular complexity index is 174. The highest BCUT2D eigenvalue weighted by molar-refractivity contribution is 7.80. The summed E-state index contributed by atoms with van der Waals surface area (Å²) in [6.07, 6.45) is 1.78. The van der Waals surface area contributed by atoms with Crippen molar-refractivity contribution >= 4 is 23.2 Å². The van der Waals surface area contributed by atoms with Crippen LogP contribution >= 0.6 is 12.2 Å². The number of carbonyl (C=O) groups excluding carboxylic acids is 1. The maximum Gasteiger partial charge on any atom is 0.315 e. The fourth-order valence-corrected chi connectivity index (χ4v) is 1.57. The highest BCUT2D eigenvalue weighted by Gasteiger charge is 2.28. The number of rotatable bonds is 1. The second kappa shape index (κ2) is 3.04. The van der Waals surface area contributed by atoms with Gasteiger partial charge in [0.15, 0.2) is 0 Å². The number of hydrogen-bond acceptors (Lipinski definition) is 2. The molecule has 1 rings (SSSR count). The van der Waals surface area contributed by atoms with E-state index in [0.29, 0.717) is 11.5 Å². The standard InChI is InChI=1S/C6H11N3OS/c7-5(11)4-2-1-3-9(4)6(8)10/h4H,1-3H2,(H2,7,11)(H2,8,10). The summed E-state index contributed by atoms with van der Waals surface area (Å²) in [7, 11) is 0. The fourth-order valence-electron chi connectivity index (χ4n) is 1.33. The van der Waals surface area contributed by atoms with Crippen LogP contribution in [-0.4, -0.2) is 28.5 Å². The summed E-state index contributed by atoms with van der Waals surface area (Å²) < 4.78 is 0. The Hall–Kier alpha value is -0.840. The quantitative estimate of drug-likeness (QED) is 0.540. The lowest BCUT2D eigenvalue weighted by Crippen LogP contribution is -2.45. The highest BCUT2D eigenvalue weighted by atomic mass is 32.1. The van der Waals surface area contributed by atoms with Gasteiger partial charge < -0.3 is 16.4 Å². The first-order valence-electron chi connectivity index (χ1n) is 3.48. The van der Waals surface area contributed by atoms with E-state index in [9.17, 15) is 4.79 Å². The monoisotopic (exact) mass is 173 g/mol. The highest BCUT2D eigenvalue weighted by Crippen LogP contribution is 2.16. The van der Waals surface area contributed by atoms with Crippen molar-refractivity contribution in [3.8, 4) is 0 Å². The second-order valence-electron chi connectivity index (χ2n) is 2.59. The van der Waals surface area contributed by atoms with E-state index >= 15 is 0 Å². The normalized spacial score (nSPS) is 23.6. The molecule has 4 N–H and O–H groups in total. The molecule has 0 saturated carbocycles. The molecule has 62 valence electrons. The van der Waals surface area contributed by atoms with Crippen molar-refractivity contribution in [3.63, 3.8) is 0 Å². The van der Waals surface area contributed by atoms with Crippen LogP contribution in [0.25, 0.3) is 0 Å². The third-order valence-electron chi connectivity index (χ3n) is 1.86. The minimum atomic E-state index is -0.430. The minimum absolute atomic E-state index is 0.109.